The van der Waals surface area contributed by atoms with Crippen molar-refractivity contribution in [2.45, 2.75) is 19.9 Å². The Balaban J connectivity index is 2.44. The molecule has 0 bridgehead atoms. The Morgan fingerprint density at radius 2 is 2.05 bits per heavy atom. The number of ether oxygens (including phenoxy) is 1. The Morgan fingerprint density at radius 3 is 2.65 bits per heavy atom. The SMILES string of the molecule is COCCN(c1n[nH]c(=S)n1-c1ccccc1)C(C)C. The molecule has 0 saturated heterocycles. The number of nitrogens with one attached hydrogen (secondary N) is 1. The van der Waals surface area contributed by atoms with E-state index in [2.05, 4.69) is 28.9 Å². The molecule has 1 heterocycles. The summed E-state index contributed by atoms with van der Waals surface area (Å²) in [6.07, 6.45) is 0. The average Bonchev–Trinajstić information content (AvgIpc) is 2.82. The van der Waals surface area contributed by atoms with Crippen molar-refractivity contribution in [1.29, 1.82) is 0 Å². The predicted octanol–water partition coefficient (Wildman–Crippen LogP) is 2.79. The number of aromatic amines is 1. The first kappa shape index (κ1) is 14.7. The maximum absolute atomic E-state index is 5.36. The van der Waals surface area contributed by atoms with E-state index in [1.807, 2.05) is 34.9 Å². The molecular weight excluding hydrogens is 272 g/mol. The number of nitrogens with zero attached hydrogens (tertiary/aromatic N) is 3. The van der Waals surface area contributed by atoms with Gasteiger partial charge in [0.1, 0.15) is 0 Å². The fraction of sp³-hybridized carbons (Fsp3) is 0.429. The molecular formula is C14H20N4OS. The van der Waals surface area contributed by atoms with Crippen LogP contribution in [0.25, 0.3) is 5.69 Å². The van der Waals surface area contributed by atoms with E-state index in [9.17, 15) is 0 Å². The van der Waals surface area contributed by atoms with Crippen LogP contribution in [-0.2, 0) is 4.74 Å². The molecule has 1 aromatic heterocycles. The second-order valence-corrected chi connectivity index (χ2v) is 5.17. The van der Waals surface area contributed by atoms with Gasteiger partial charge in [0.15, 0.2) is 0 Å². The number of hydrogen-bond donors (Lipinski definition) is 1. The quantitative estimate of drug-likeness (QED) is 0.832. The highest BCUT2D eigenvalue weighted by molar-refractivity contribution is 7.71. The molecule has 0 aliphatic rings. The molecule has 1 aromatic carbocycles. The monoisotopic (exact) mass is 292 g/mol. The van der Waals surface area contributed by atoms with Crippen LogP contribution in [0.5, 0.6) is 0 Å². The van der Waals surface area contributed by atoms with E-state index in [0.29, 0.717) is 17.4 Å². The second-order valence-electron chi connectivity index (χ2n) is 4.78. The minimum Gasteiger partial charge on any atom is -0.383 e. The molecule has 0 spiro atoms. The Kier molecular flexibility index (Phi) is 4.92. The molecule has 1 N–H and O–H groups in total. The summed E-state index contributed by atoms with van der Waals surface area (Å²) in [7, 11) is 1.70. The zero-order valence-corrected chi connectivity index (χ0v) is 12.9. The van der Waals surface area contributed by atoms with E-state index in [0.717, 1.165) is 18.2 Å². The van der Waals surface area contributed by atoms with Crippen molar-refractivity contribution in [3.63, 3.8) is 0 Å². The van der Waals surface area contributed by atoms with E-state index in [1.54, 1.807) is 7.11 Å². The van der Waals surface area contributed by atoms with Gasteiger partial charge in [0.25, 0.3) is 0 Å². The first-order valence-corrected chi connectivity index (χ1v) is 7.04. The van der Waals surface area contributed by atoms with Crippen LogP contribution in [0.2, 0.25) is 0 Å². The fourth-order valence-corrected chi connectivity index (χ4v) is 2.30. The third kappa shape index (κ3) is 3.08. The van der Waals surface area contributed by atoms with Crippen molar-refractivity contribution in [2.75, 3.05) is 25.2 Å². The van der Waals surface area contributed by atoms with Crippen LogP contribution in [0.15, 0.2) is 30.3 Å². The largest absolute Gasteiger partial charge is 0.383 e. The topological polar surface area (TPSA) is 46.1 Å². The molecule has 0 saturated carbocycles. The molecule has 108 valence electrons. The molecule has 0 atom stereocenters. The Bertz CT molecular complexity index is 591. The Morgan fingerprint density at radius 1 is 1.35 bits per heavy atom. The van der Waals surface area contributed by atoms with Gasteiger partial charge in [-0.1, -0.05) is 18.2 Å². The predicted molar refractivity (Wildman–Crippen MR) is 83.1 cm³/mol. The molecule has 20 heavy (non-hydrogen) atoms. The van der Waals surface area contributed by atoms with Crippen molar-refractivity contribution < 1.29 is 4.74 Å². The number of H-pyrrole nitrogens is 1. The molecule has 6 heteroatoms. The molecule has 0 aliphatic carbocycles. The lowest BCUT2D eigenvalue weighted by atomic mass is 10.3. The van der Waals surface area contributed by atoms with E-state index >= 15 is 0 Å². The third-order valence-electron chi connectivity index (χ3n) is 3.09. The minimum absolute atomic E-state index is 0.304. The summed E-state index contributed by atoms with van der Waals surface area (Å²) in [6.45, 7) is 5.67. The fourth-order valence-electron chi connectivity index (χ4n) is 2.07. The van der Waals surface area contributed by atoms with Crippen LogP contribution in [0.4, 0.5) is 5.95 Å². The zero-order chi connectivity index (χ0) is 14.5. The van der Waals surface area contributed by atoms with Crippen molar-refractivity contribution in [1.82, 2.24) is 14.8 Å². The van der Waals surface area contributed by atoms with Crippen molar-refractivity contribution in [2.24, 2.45) is 0 Å². The molecule has 2 aromatic rings. The Hall–Kier alpha value is -1.66. The van der Waals surface area contributed by atoms with Gasteiger partial charge >= 0.3 is 0 Å². The lowest BCUT2D eigenvalue weighted by Gasteiger charge is -2.27. The van der Waals surface area contributed by atoms with Gasteiger partial charge in [-0.25, -0.2) is 5.10 Å². The minimum atomic E-state index is 0.304. The maximum Gasteiger partial charge on any atom is 0.230 e. The van der Waals surface area contributed by atoms with E-state index in [4.69, 9.17) is 17.0 Å². The molecule has 5 nitrogen and oxygen atoms in total. The molecule has 0 aliphatic heterocycles. The average molecular weight is 292 g/mol. The van der Waals surface area contributed by atoms with Crippen LogP contribution in [0.3, 0.4) is 0 Å². The highest BCUT2D eigenvalue weighted by Gasteiger charge is 2.18. The van der Waals surface area contributed by atoms with Crippen LogP contribution in [0, 0.1) is 4.77 Å². The van der Waals surface area contributed by atoms with Gasteiger partial charge < -0.3 is 9.64 Å². The summed E-state index contributed by atoms with van der Waals surface area (Å²) in [4.78, 5) is 2.17. The summed E-state index contributed by atoms with van der Waals surface area (Å²) >= 11 is 5.36. The number of benzene rings is 1. The first-order chi connectivity index (χ1) is 9.65. The maximum atomic E-state index is 5.36. The van der Waals surface area contributed by atoms with Crippen molar-refractivity contribution in [3.05, 3.63) is 35.1 Å². The van der Waals surface area contributed by atoms with Gasteiger partial charge in [-0.2, -0.15) is 0 Å². The highest BCUT2D eigenvalue weighted by Crippen LogP contribution is 2.19. The van der Waals surface area contributed by atoms with Gasteiger partial charge in [-0.05, 0) is 38.2 Å². The van der Waals surface area contributed by atoms with E-state index < -0.39 is 0 Å². The number of para-hydroxylation sites is 1. The van der Waals surface area contributed by atoms with Gasteiger partial charge in [0, 0.05) is 19.7 Å². The molecule has 2 rings (SSSR count). The number of aromatic nitrogens is 3. The summed E-state index contributed by atoms with van der Waals surface area (Å²) in [6, 6.07) is 10.3. The third-order valence-corrected chi connectivity index (χ3v) is 3.36. The summed E-state index contributed by atoms with van der Waals surface area (Å²) in [5.41, 5.74) is 1.00. The molecule has 0 fully saturated rings. The molecule has 0 amide bonds. The van der Waals surface area contributed by atoms with Gasteiger partial charge in [-0.3, -0.25) is 4.57 Å². The van der Waals surface area contributed by atoms with Crippen molar-refractivity contribution >= 4 is 18.2 Å². The van der Waals surface area contributed by atoms with Crippen LogP contribution in [0.1, 0.15) is 13.8 Å². The number of anilines is 1. The number of methoxy groups -OCH3 is 1. The smallest absolute Gasteiger partial charge is 0.230 e. The standard InChI is InChI=1S/C14H20N4OS/c1-11(2)17(9-10-19-3)13-15-16-14(20)18(13)12-7-5-4-6-8-12/h4-8,11H,9-10H2,1-3H3,(H,16,20). The van der Waals surface area contributed by atoms with Crippen LogP contribution in [-0.4, -0.2) is 41.1 Å². The first-order valence-electron chi connectivity index (χ1n) is 6.63. The second kappa shape index (κ2) is 6.67. The highest BCUT2D eigenvalue weighted by atomic mass is 32.1. The number of rotatable bonds is 6. The van der Waals surface area contributed by atoms with Gasteiger partial charge in [0.2, 0.25) is 10.7 Å². The molecule has 0 unspecified atom stereocenters. The number of hydrogen-bond acceptors (Lipinski definition) is 4. The van der Waals surface area contributed by atoms with Gasteiger partial charge in [0.05, 0.1) is 12.3 Å². The van der Waals surface area contributed by atoms with Crippen LogP contribution >= 0.6 is 12.2 Å². The molecule has 0 radical (unpaired) electrons. The normalized spacial score (nSPS) is 11.0. The van der Waals surface area contributed by atoms with E-state index in [1.165, 1.54) is 0 Å². The lowest BCUT2D eigenvalue weighted by Crippen LogP contribution is -2.35. The van der Waals surface area contributed by atoms with Crippen LogP contribution < -0.4 is 4.90 Å². The van der Waals surface area contributed by atoms with Gasteiger partial charge in [-0.15, -0.1) is 5.10 Å². The lowest BCUT2D eigenvalue weighted by molar-refractivity contribution is 0.203. The summed E-state index contributed by atoms with van der Waals surface area (Å²) in [5.74, 6) is 0.813. The summed E-state index contributed by atoms with van der Waals surface area (Å²) in [5, 5.41) is 7.26. The van der Waals surface area contributed by atoms with E-state index in [-0.39, 0.29) is 0 Å². The van der Waals surface area contributed by atoms with Crippen molar-refractivity contribution in [3.8, 4) is 5.69 Å². The summed E-state index contributed by atoms with van der Waals surface area (Å²) < 4.78 is 7.72. The zero-order valence-electron chi connectivity index (χ0n) is 12.0. The Labute approximate surface area is 124 Å².